The number of halogens is 1. The summed E-state index contributed by atoms with van der Waals surface area (Å²) in [5.74, 6) is 0.602. The van der Waals surface area contributed by atoms with Crippen molar-refractivity contribution < 1.29 is 4.79 Å². The van der Waals surface area contributed by atoms with Crippen LogP contribution in [0, 0.1) is 5.92 Å². The van der Waals surface area contributed by atoms with E-state index >= 15 is 0 Å². The fraction of sp³-hybridized carbons (Fsp3) is 0.588. The van der Waals surface area contributed by atoms with E-state index in [0.717, 1.165) is 26.1 Å². The molecule has 1 heterocycles. The van der Waals surface area contributed by atoms with Gasteiger partial charge in [-0.05, 0) is 38.3 Å². The molecule has 0 aliphatic carbocycles. The first-order chi connectivity index (χ1) is 10.0. The van der Waals surface area contributed by atoms with Gasteiger partial charge in [0.25, 0.3) is 0 Å². The monoisotopic (exact) mass is 325 g/mol. The Morgan fingerprint density at radius 2 is 2.05 bits per heavy atom. The maximum atomic E-state index is 11.8. The van der Waals surface area contributed by atoms with Gasteiger partial charge >= 0.3 is 0 Å². The number of carbonyl (C=O) groups excluding carboxylic acids is 1. The van der Waals surface area contributed by atoms with Crippen molar-refractivity contribution in [1.82, 2.24) is 10.2 Å². The molecule has 22 heavy (non-hydrogen) atoms. The number of benzene rings is 1. The molecule has 5 heteroatoms. The van der Waals surface area contributed by atoms with Gasteiger partial charge in [0.15, 0.2) is 0 Å². The Hall–Kier alpha value is -1.10. The minimum atomic E-state index is -0.0737. The Bertz CT molecular complexity index is 452. The number of carbonyl (C=O) groups is 1. The molecule has 1 amide bonds. The average molecular weight is 326 g/mol. The van der Waals surface area contributed by atoms with Crippen molar-refractivity contribution in [3.8, 4) is 0 Å². The third-order valence-electron chi connectivity index (χ3n) is 4.16. The molecular formula is C17H28ClN3O. The number of nitrogens with two attached hydrogens (primary N) is 1. The lowest BCUT2D eigenvalue weighted by Crippen LogP contribution is -2.41. The molecule has 1 aliphatic rings. The van der Waals surface area contributed by atoms with Crippen LogP contribution in [0.1, 0.15) is 32.3 Å². The topological polar surface area (TPSA) is 58.4 Å². The molecule has 0 radical (unpaired) electrons. The lowest BCUT2D eigenvalue weighted by atomic mass is 10.0. The highest BCUT2D eigenvalue weighted by Crippen LogP contribution is 2.21. The molecule has 0 saturated carbocycles. The molecule has 2 rings (SSSR count). The zero-order valence-electron chi connectivity index (χ0n) is 13.5. The number of nitrogens with one attached hydrogen (secondary N) is 1. The van der Waals surface area contributed by atoms with E-state index in [4.69, 9.17) is 5.73 Å². The Labute approximate surface area is 139 Å². The summed E-state index contributed by atoms with van der Waals surface area (Å²) in [6, 6.07) is 10.7. The van der Waals surface area contributed by atoms with Crippen LogP contribution in [0.3, 0.4) is 0 Å². The van der Waals surface area contributed by atoms with Gasteiger partial charge in [0.1, 0.15) is 0 Å². The number of hydrogen-bond acceptors (Lipinski definition) is 3. The summed E-state index contributed by atoms with van der Waals surface area (Å²) in [6.45, 7) is 7.12. The van der Waals surface area contributed by atoms with Crippen molar-refractivity contribution in [2.24, 2.45) is 11.7 Å². The van der Waals surface area contributed by atoms with Crippen molar-refractivity contribution in [3.05, 3.63) is 35.9 Å². The molecule has 3 unspecified atom stereocenters. The molecule has 4 nitrogen and oxygen atoms in total. The minimum Gasteiger partial charge on any atom is -0.353 e. The first kappa shape index (κ1) is 18.9. The molecule has 3 atom stereocenters. The molecule has 0 spiro atoms. The molecule has 1 fully saturated rings. The molecular weight excluding hydrogens is 298 g/mol. The zero-order valence-corrected chi connectivity index (χ0v) is 14.3. The molecule has 1 aliphatic heterocycles. The van der Waals surface area contributed by atoms with E-state index < -0.39 is 0 Å². The fourth-order valence-electron chi connectivity index (χ4n) is 2.98. The largest absolute Gasteiger partial charge is 0.353 e. The standard InChI is InChI=1S/C17H27N3O.ClH/c1-13(18)10-17(21)19-14(2)16-8-9-20(12-16)11-15-6-4-3-5-7-15;/h3-7,13-14,16H,8-12,18H2,1-2H3,(H,19,21);1H. The summed E-state index contributed by atoms with van der Waals surface area (Å²) in [7, 11) is 0. The van der Waals surface area contributed by atoms with E-state index in [-0.39, 0.29) is 30.4 Å². The van der Waals surface area contributed by atoms with Crippen molar-refractivity contribution in [1.29, 1.82) is 0 Å². The van der Waals surface area contributed by atoms with Crippen LogP contribution in [-0.2, 0) is 11.3 Å². The highest BCUT2D eigenvalue weighted by molar-refractivity contribution is 5.85. The number of rotatable bonds is 6. The van der Waals surface area contributed by atoms with Crippen LogP contribution < -0.4 is 11.1 Å². The SMILES string of the molecule is CC(N)CC(=O)NC(C)C1CCN(Cc2ccccc2)C1.Cl. The van der Waals surface area contributed by atoms with Crippen LogP contribution in [0.25, 0.3) is 0 Å². The van der Waals surface area contributed by atoms with Gasteiger partial charge in [-0.1, -0.05) is 30.3 Å². The second-order valence-electron chi connectivity index (χ2n) is 6.31. The van der Waals surface area contributed by atoms with Gasteiger partial charge < -0.3 is 11.1 Å². The molecule has 1 saturated heterocycles. The second-order valence-corrected chi connectivity index (χ2v) is 6.31. The van der Waals surface area contributed by atoms with Gasteiger partial charge in [-0.15, -0.1) is 12.4 Å². The van der Waals surface area contributed by atoms with Crippen molar-refractivity contribution in [2.45, 2.75) is 45.3 Å². The van der Waals surface area contributed by atoms with Gasteiger partial charge in [0.2, 0.25) is 5.91 Å². The predicted octanol–water partition coefficient (Wildman–Crippen LogP) is 2.17. The predicted molar refractivity (Wildman–Crippen MR) is 92.9 cm³/mol. The molecule has 0 aromatic heterocycles. The molecule has 3 N–H and O–H groups in total. The van der Waals surface area contributed by atoms with E-state index in [9.17, 15) is 4.79 Å². The van der Waals surface area contributed by atoms with Crippen LogP contribution in [0.2, 0.25) is 0 Å². The highest BCUT2D eigenvalue weighted by atomic mass is 35.5. The van der Waals surface area contributed by atoms with E-state index in [0.29, 0.717) is 12.3 Å². The summed E-state index contributed by atoms with van der Waals surface area (Å²) in [6.07, 6.45) is 1.55. The van der Waals surface area contributed by atoms with Crippen LogP contribution in [0.15, 0.2) is 30.3 Å². The van der Waals surface area contributed by atoms with Gasteiger partial charge in [0, 0.05) is 31.6 Å². The molecule has 1 aromatic carbocycles. The number of nitrogens with zero attached hydrogens (tertiary/aromatic N) is 1. The van der Waals surface area contributed by atoms with Crippen LogP contribution >= 0.6 is 12.4 Å². The highest BCUT2D eigenvalue weighted by Gasteiger charge is 2.27. The molecule has 124 valence electrons. The van der Waals surface area contributed by atoms with E-state index in [1.54, 1.807) is 0 Å². The number of hydrogen-bond donors (Lipinski definition) is 2. The van der Waals surface area contributed by atoms with Crippen molar-refractivity contribution in [3.63, 3.8) is 0 Å². The summed E-state index contributed by atoms with van der Waals surface area (Å²) < 4.78 is 0. The maximum absolute atomic E-state index is 11.8. The van der Waals surface area contributed by atoms with Crippen molar-refractivity contribution >= 4 is 18.3 Å². The van der Waals surface area contributed by atoms with E-state index in [1.807, 2.05) is 13.0 Å². The first-order valence-corrected chi connectivity index (χ1v) is 7.86. The van der Waals surface area contributed by atoms with Gasteiger partial charge in [-0.2, -0.15) is 0 Å². The van der Waals surface area contributed by atoms with Gasteiger partial charge in [-0.3, -0.25) is 9.69 Å². The average Bonchev–Trinajstić information content (AvgIpc) is 2.87. The van der Waals surface area contributed by atoms with Crippen LogP contribution in [-0.4, -0.2) is 36.0 Å². The molecule has 1 aromatic rings. The van der Waals surface area contributed by atoms with Crippen molar-refractivity contribution in [2.75, 3.05) is 13.1 Å². The second kappa shape index (κ2) is 9.13. The summed E-state index contributed by atoms with van der Waals surface area (Å²) in [4.78, 5) is 14.3. The third-order valence-corrected chi connectivity index (χ3v) is 4.16. The Morgan fingerprint density at radius 1 is 1.36 bits per heavy atom. The third kappa shape index (κ3) is 5.95. The maximum Gasteiger partial charge on any atom is 0.221 e. The summed E-state index contributed by atoms with van der Waals surface area (Å²) >= 11 is 0. The van der Waals surface area contributed by atoms with E-state index in [1.165, 1.54) is 5.56 Å². The van der Waals surface area contributed by atoms with Crippen LogP contribution in [0.5, 0.6) is 0 Å². The number of amides is 1. The summed E-state index contributed by atoms with van der Waals surface area (Å²) in [5.41, 5.74) is 7.01. The van der Waals surface area contributed by atoms with E-state index in [2.05, 4.69) is 41.4 Å². The molecule has 0 bridgehead atoms. The lowest BCUT2D eigenvalue weighted by Gasteiger charge is -2.22. The Morgan fingerprint density at radius 3 is 2.68 bits per heavy atom. The van der Waals surface area contributed by atoms with Gasteiger partial charge in [0.05, 0.1) is 0 Å². The minimum absolute atomic E-state index is 0. The zero-order chi connectivity index (χ0) is 15.2. The quantitative estimate of drug-likeness (QED) is 0.842. The summed E-state index contributed by atoms with van der Waals surface area (Å²) in [5, 5.41) is 3.09. The normalized spacial score (nSPS) is 21.0. The van der Waals surface area contributed by atoms with Crippen LogP contribution in [0.4, 0.5) is 0 Å². The Balaban J connectivity index is 0.00000242. The fourth-order valence-corrected chi connectivity index (χ4v) is 2.98. The van der Waals surface area contributed by atoms with Gasteiger partial charge in [-0.25, -0.2) is 0 Å². The Kier molecular flexibility index (Phi) is 7.87. The lowest BCUT2D eigenvalue weighted by molar-refractivity contribution is -0.122. The smallest absolute Gasteiger partial charge is 0.221 e. The first-order valence-electron chi connectivity index (χ1n) is 7.86. The number of likely N-dealkylation sites (tertiary alicyclic amines) is 1.